The molecular weight excluding hydrogens is 276 g/mol. The number of benzene rings is 1. The highest BCUT2D eigenvalue weighted by Gasteiger charge is 2.19. The minimum atomic E-state index is -0.739. The van der Waals surface area contributed by atoms with Crippen LogP contribution in [0.5, 0.6) is 0 Å². The zero-order valence-electron chi connectivity index (χ0n) is 11.5. The maximum atomic E-state index is 10.8. The Labute approximate surface area is 124 Å². The summed E-state index contributed by atoms with van der Waals surface area (Å²) in [6, 6.07) is 6.42. The number of aryl methyl sites for hydroxylation is 2. The molecule has 4 nitrogen and oxygen atoms in total. The Balaban J connectivity index is 0.00000147. The fourth-order valence-electron chi connectivity index (χ4n) is 2.96. The van der Waals surface area contributed by atoms with Gasteiger partial charge in [-0.1, -0.05) is 11.6 Å². The molecule has 0 unspecified atom stereocenters. The van der Waals surface area contributed by atoms with Crippen LogP contribution < -0.4 is 5.32 Å². The zero-order chi connectivity index (χ0) is 13.4. The van der Waals surface area contributed by atoms with Crippen LogP contribution in [0.3, 0.4) is 0 Å². The van der Waals surface area contributed by atoms with E-state index >= 15 is 0 Å². The molecule has 0 spiro atoms. The fraction of sp³-hybridized carbons (Fsp3) is 0.400. The standard InChI is InChI=1S/C15H18N2O2.ClH/c1-10-2-3-13-11(8-10)12-9-16-6-4-14(12)17(13)7-5-15(18)19;/h2-3,8,16H,4-7,9H2,1H3,(H,18,19);1H. The van der Waals surface area contributed by atoms with Crippen molar-refractivity contribution in [3.8, 4) is 0 Å². The van der Waals surface area contributed by atoms with Crippen LogP contribution in [-0.4, -0.2) is 22.2 Å². The summed E-state index contributed by atoms with van der Waals surface area (Å²) in [6.45, 7) is 4.51. The Morgan fingerprint density at radius 1 is 1.45 bits per heavy atom. The number of aliphatic carboxylic acids is 1. The van der Waals surface area contributed by atoms with Crippen molar-refractivity contribution in [2.24, 2.45) is 0 Å². The van der Waals surface area contributed by atoms with E-state index in [-0.39, 0.29) is 18.8 Å². The van der Waals surface area contributed by atoms with Gasteiger partial charge in [-0.15, -0.1) is 12.4 Å². The molecule has 2 N–H and O–H groups in total. The number of hydrogen-bond acceptors (Lipinski definition) is 2. The predicted molar refractivity (Wildman–Crippen MR) is 81.6 cm³/mol. The van der Waals surface area contributed by atoms with Gasteiger partial charge in [0.2, 0.25) is 0 Å². The van der Waals surface area contributed by atoms with Gasteiger partial charge in [0.1, 0.15) is 0 Å². The number of fused-ring (bicyclic) bond motifs is 3. The van der Waals surface area contributed by atoms with Gasteiger partial charge in [-0.25, -0.2) is 0 Å². The molecule has 2 heterocycles. The summed E-state index contributed by atoms with van der Waals surface area (Å²) in [5.74, 6) is -0.739. The summed E-state index contributed by atoms with van der Waals surface area (Å²) in [6.07, 6.45) is 1.15. The van der Waals surface area contributed by atoms with Crippen molar-refractivity contribution >= 4 is 29.3 Å². The quantitative estimate of drug-likeness (QED) is 0.914. The molecule has 2 aromatic rings. The van der Waals surface area contributed by atoms with Crippen LogP contribution in [0.4, 0.5) is 0 Å². The average molecular weight is 295 g/mol. The number of nitrogens with zero attached hydrogens (tertiary/aromatic N) is 1. The fourth-order valence-corrected chi connectivity index (χ4v) is 2.96. The van der Waals surface area contributed by atoms with Crippen molar-refractivity contribution in [1.82, 2.24) is 9.88 Å². The molecule has 0 saturated heterocycles. The largest absolute Gasteiger partial charge is 0.481 e. The van der Waals surface area contributed by atoms with Crippen molar-refractivity contribution in [2.45, 2.75) is 32.9 Å². The first-order valence-electron chi connectivity index (χ1n) is 6.70. The molecule has 0 saturated carbocycles. The van der Waals surface area contributed by atoms with E-state index < -0.39 is 5.97 Å². The maximum absolute atomic E-state index is 10.8. The van der Waals surface area contributed by atoms with Crippen molar-refractivity contribution in [3.63, 3.8) is 0 Å². The molecule has 3 rings (SSSR count). The van der Waals surface area contributed by atoms with Gasteiger partial charge in [0.05, 0.1) is 6.42 Å². The molecule has 0 bridgehead atoms. The first-order valence-corrected chi connectivity index (χ1v) is 6.70. The van der Waals surface area contributed by atoms with Crippen LogP contribution in [-0.2, 0) is 24.3 Å². The Bertz CT molecular complexity index is 649. The topological polar surface area (TPSA) is 54.3 Å². The van der Waals surface area contributed by atoms with Crippen LogP contribution in [0.25, 0.3) is 10.9 Å². The molecule has 0 amide bonds. The molecule has 20 heavy (non-hydrogen) atoms. The summed E-state index contributed by atoms with van der Waals surface area (Å²) in [5.41, 5.74) is 5.06. The molecule has 0 radical (unpaired) electrons. The average Bonchev–Trinajstić information content (AvgIpc) is 2.70. The van der Waals surface area contributed by atoms with E-state index in [1.54, 1.807) is 0 Å². The third-order valence-electron chi connectivity index (χ3n) is 3.83. The van der Waals surface area contributed by atoms with Gasteiger partial charge in [-0.2, -0.15) is 0 Å². The number of carboxylic acids is 1. The Kier molecular flexibility index (Phi) is 4.35. The van der Waals surface area contributed by atoms with Crippen molar-refractivity contribution in [2.75, 3.05) is 6.54 Å². The minimum Gasteiger partial charge on any atom is -0.481 e. The third-order valence-corrected chi connectivity index (χ3v) is 3.83. The molecule has 0 aliphatic carbocycles. The smallest absolute Gasteiger partial charge is 0.305 e. The van der Waals surface area contributed by atoms with Crippen LogP contribution in [0.2, 0.25) is 0 Å². The van der Waals surface area contributed by atoms with Gasteiger partial charge in [-0.05, 0) is 24.6 Å². The van der Waals surface area contributed by atoms with E-state index in [0.29, 0.717) is 6.54 Å². The molecule has 5 heteroatoms. The molecule has 1 aromatic heterocycles. The lowest BCUT2D eigenvalue weighted by molar-refractivity contribution is -0.137. The number of aromatic nitrogens is 1. The van der Waals surface area contributed by atoms with Gasteiger partial charge in [-0.3, -0.25) is 4.79 Å². The van der Waals surface area contributed by atoms with Gasteiger partial charge in [0.25, 0.3) is 0 Å². The van der Waals surface area contributed by atoms with Gasteiger partial charge < -0.3 is 15.0 Å². The minimum absolute atomic E-state index is 0. The second-order valence-corrected chi connectivity index (χ2v) is 5.17. The molecular formula is C15H19ClN2O2. The van der Waals surface area contributed by atoms with E-state index in [9.17, 15) is 4.79 Å². The van der Waals surface area contributed by atoms with Gasteiger partial charge >= 0.3 is 5.97 Å². The summed E-state index contributed by atoms with van der Waals surface area (Å²) in [4.78, 5) is 10.8. The maximum Gasteiger partial charge on any atom is 0.305 e. The highest BCUT2D eigenvalue weighted by molar-refractivity contribution is 5.86. The molecule has 1 aliphatic heterocycles. The second-order valence-electron chi connectivity index (χ2n) is 5.17. The number of rotatable bonds is 3. The number of hydrogen-bond donors (Lipinski definition) is 2. The Morgan fingerprint density at radius 3 is 3.00 bits per heavy atom. The van der Waals surface area contributed by atoms with Crippen LogP contribution in [0.1, 0.15) is 23.2 Å². The first kappa shape index (κ1) is 14.9. The number of halogens is 1. The summed E-state index contributed by atoms with van der Waals surface area (Å²) < 4.78 is 2.19. The molecule has 1 aromatic carbocycles. The second kappa shape index (κ2) is 5.85. The Morgan fingerprint density at radius 2 is 2.25 bits per heavy atom. The van der Waals surface area contributed by atoms with E-state index in [1.807, 2.05) is 0 Å². The lowest BCUT2D eigenvalue weighted by Gasteiger charge is -2.16. The van der Waals surface area contributed by atoms with Gasteiger partial charge in [0, 0.05) is 42.7 Å². The third kappa shape index (κ3) is 2.53. The zero-order valence-corrected chi connectivity index (χ0v) is 12.3. The van der Waals surface area contributed by atoms with Crippen molar-refractivity contribution in [1.29, 1.82) is 0 Å². The molecule has 1 aliphatic rings. The van der Waals surface area contributed by atoms with Gasteiger partial charge in [0.15, 0.2) is 0 Å². The van der Waals surface area contributed by atoms with Crippen molar-refractivity contribution < 1.29 is 9.90 Å². The highest BCUT2D eigenvalue weighted by Crippen LogP contribution is 2.29. The molecule has 108 valence electrons. The van der Waals surface area contributed by atoms with Crippen LogP contribution >= 0.6 is 12.4 Å². The predicted octanol–water partition coefficient (Wildman–Crippen LogP) is 2.49. The van der Waals surface area contributed by atoms with E-state index in [2.05, 4.69) is 35.0 Å². The molecule has 0 fully saturated rings. The molecule has 0 atom stereocenters. The number of carboxylic acid groups (broad SMARTS) is 1. The van der Waals surface area contributed by atoms with Crippen LogP contribution in [0, 0.1) is 6.92 Å². The normalized spacial score (nSPS) is 13.8. The summed E-state index contributed by atoms with van der Waals surface area (Å²) >= 11 is 0. The summed E-state index contributed by atoms with van der Waals surface area (Å²) in [7, 11) is 0. The lowest BCUT2D eigenvalue weighted by atomic mass is 10.0. The number of carbonyl (C=O) groups is 1. The lowest BCUT2D eigenvalue weighted by Crippen LogP contribution is -2.25. The monoisotopic (exact) mass is 294 g/mol. The van der Waals surface area contributed by atoms with E-state index in [4.69, 9.17) is 5.11 Å². The SMILES string of the molecule is Cc1ccc2c(c1)c1c(n2CCC(=O)O)CCNC1.Cl. The number of nitrogens with one attached hydrogen (secondary N) is 1. The summed E-state index contributed by atoms with van der Waals surface area (Å²) in [5, 5.41) is 13.6. The first-order chi connectivity index (χ1) is 9.16. The Hall–Kier alpha value is -1.52. The van der Waals surface area contributed by atoms with E-state index in [1.165, 1.54) is 27.7 Å². The van der Waals surface area contributed by atoms with Crippen molar-refractivity contribution in [3.05, 3.63) is 35.0 Å². The highest BCUT2D eigenvalue weighted by atomic mass is 35.5. The van der Waals surface area contributed by atoms with E-state index in [0.717, 1.165) is 19.5 Å². The van der Waals surface area contributed by atoms with Crippen LogP contribution in [0.15, 0.2) is 18.2 Å².